The Morgan fingerprint density at radius 1 is 0.771 bits per heavy atom. The van der Waals surface area contributed by atoms with E-state index in [1.54, 1.807) is 0 Å². The van der Waals surface area contributed by atoms with Gasteiger partial charge in [-0.15, -0.1) is 11.8 Å². The molecule has 0 aromatic carbocycles. The second-order valence-corrected chi connectivity index (χ2v) is 20.0. The predicted molar refractivity (Wildman–Crippen MR) is 248 cm³/mol. The van der Waals surface area contributed by atoms with Crippen molar-refractivity contribution in [2.75, 3.05) is 44.3 Å². The molecule has 1 unspecified atom stereocenters. The molecule has 0 saturated carbocycles. The summed E-state index contributed by atoms with van der Waals surface area (Å²) >= 11 is 0.647. The van der Waals surface area contributed by atoms with Crippen LogP contribution < -0.4 is 48.7 Å². The molecule has 0 spiro atoms. The highest BCUT2D eigenvalue weighted by Gasteiger charge is 2.40. The molecule has 1 rings (SSSR count). The number of carbonyl (C=O) groups is 13. The third kappa shape index (κ3) is 25.3. The zero-order valence-electron chi connectivity index (χ0n) is 38.0. The molecular formula is C38H59N11O18S3. The minimum Gasteiger partial charge on any atom is -0.481 e. The van der Waals surface area contributed by atoms with Crippen molar-refractivity contribution in [1.82, 2.24) is 42.1 Å². The maximum atomic E-state index is 13.4. The van der Waals surface area contributed by atoms with Crippen molar-refractivity contribution < 1.29 is 87.5 Å². The van der Waals surface area contributed by atoms with Crippen molar-refractivity contribution in [2.24, 2.45) is 11.5 Å². The zero-order valence-corrected chi connectivity index (χ0v) is 40.4. The number of nitrogens with two attached hydrogens (primary N) is 2. The second-order valence-electron chi connectivity index (χ2n) is 15.6. The summed E-state index contributed by atoms with van der Waals surface area (Å²) < 4.78 is 4.42. The number of rotatable bonds is 36. The van der Waals surface area contributed by atoms with E-state index in [4.69, 9.17) is 26.7 Å². The van der Waals surface area contributed by atoms with Crippen molar-refractivity contribution in [1.29, 1.82) is 5.41 Å². The van der Waals surface area contributed by atoms with Gasteiger partial charge in [0.1, 0.15) is 30.8 Å². The molecule has 70 heavy (non-hydrogen) atoms. The number of likely N-dealkylation sites (tertiary alicyclic amines) is 1. The molecule has 16 N–H and O–H groups in total. The summed E-state index contributed by atoms with van der Waals surface area (Å²) in [5.41, 5.74) is 10.8. The molecule has 8 amide bonds. The van der Waals surface area contributed by atoms with Gasteiger partial charge in [0.25, 0.3) is 6.47 Å². The number of carboxylic acids is 4. The molecule has 6 atom stereocenters. The first-order chi connectivity index (χ1) is 32.8. The second kappa shape index (κ2) is 31.7. The predicted octanol–water partition coefficient (Wildman–Crippen LogP) is -4.77. The van der Waals surface area contributed by atoms with E-state index in [9.17, 15) is 77.6 Å². The van der Waals surface area contributed by atoms with E-state index < -0.39 is 138 Å². The Morgan fingerprint density at radius 3 is 1.80 bits per heavy atom. The van der Waals surface area contributed by atoms with Crippen LogP contribution >= 0.6 is 33.3 Å². The van der Waals surface area contributed by atoms with Crippen molar-refractivity contribution in [3.63, 3.8) is 0 Å². The molecule has 1 aliphatic heterocycles. The van der Waals surface area contributed by atoms with Crippen molar-refractivity contribution in [3.05, 3.63) is 0 Å². The number of nitrogens with zero attached hydrogens (tertiary/aromatic N) is 1. The first kappa shape index (κ1) is 61.6. The van der Waals surface area contributed by atoms with Crippen LogP contribution in [0.4, 0.5) is 0 Å². The van der Waals surface area contributed by atoms with Crippen LogP contribution in [0.1, 0.15) is 65.2 Å². The van der Waals surface area contributed by atoms with Gasteiger partial charge in [-0.05, 0) is 26.7 Å². The Morgan fingerprint density at radius 2 is 1.29 bits per heavy atom. The molecule has 0 radical (unpaired) electrons. The standard InChI is InChI=1S/C38H59N11O18S3/c1-38(2,17-67-18-50)70-69-11-6-26(52)43-9-8-42-25(51)5-10-49-27(53)15-24(35(49)64)68-16-23(36(65)66)48-34(63)22(14-30(58)59)47-33(62)21(13-29(56)57)46-32(61)20(4-3-7-44-37(40)41)45-31(60)19(39)12-28(54)55/h18-24H,3-17,39H2,1-2H3,(H,42,51)(H,43,52)(H,45,60)(H,46,61)(H,47,62)(H,48,63)(H,54,55)(H,56,57)(H,58,59)(H,65,66)(H4,40,41,44)/t19-,20-,21-,22-,23-,24?/m0/s1. The third-order valence-corrected chi connectivity index (χ3v) is 13.7. The molecule has 392 valence electrons. The Balaban J connectivity index is 2.88. The van der Waals surface area contributed by atoms with Crippen LogP contribution in [0.3, 0.4) is 0 Å². The number of hydrogen-bond donors (Lipinski definition) is 14. The zero-order chi connectivity index (χ0) is 53.1. The Labute approximate surface area is 411 Å². The molecule has 0 aromatic heterocycles. The number of ether oxygens (including phenoxy) is 1. The fourth-order valence-electron chi connectivity index (χ4n) is 5.74. The van der Waals surface area contributed by atoms with Gasteiger partial charge in [0.15, 0.2) is 5.96 Å². The van der Waals surface area contributed by atoms with Gasteiger partial charge in [0.05, 0.1) is 35.3 Å². The molecule has 32 heteroatoms. The monoisotopic (exact) mass is 1050 g/mol. The SMILES string of the molecule is CC(C)(COC=O)SSCCC(=O)NCCNC(=O)CCN1C(=O)CC(SC[C@H](NC(=O)[C@H](CC(=O)O)NC(=O)[C@H](CC(=O)O)NC(=O)[C@H](CCCNC(=N)N)NC(=O)[C@@H](N)CC(=O)O)C(=O)O)C1=O. The van der Waals surface area contributed by atoms with Crippen molar-refractivity contribution >= 4 is 117 Å². The first-order valence-corrected chi connectivity index (χ1v) is 24.4. The Kier molecular flexibility index (Phi) is 27.9. The first-order valence-electron chi connectivity index (χ1n) is 21.0. The van der Waals surface area contributed by atoms with Crippen LogP contribution in [-0.4, -0.2) is 193 Å². The number of carboxylic acid groups (broad SMARTS) is 4. The lowest BCUT2D eigenvalue weighted by Crippen LogP contribution is -2.59. The van der Waals surface area contributed by atoms with Crippen LogP contribution in [-0.2, 0) is 67.1 Å². The molecule has 29 nitrogen and oxygen atoms in total. The van der Waals surface area contributed by atoms with Gasteiger partial charge in [0, 0.05) is 56.9 Å². The number of amides is 8. The van der Waals surface area contributed by atoms with E-state index in [1.807, 2.05) is 24.5 Å². The number of aliphatic carboxylic acids is 4. The van der Waals surface area contributed by atoms with E-state index >= 15 is 0 Å². The van der Waals surface area contributed by atoms with E-state index in [0.29, 0.717) is 24.0 Å². The largest absolute Gasteiger partial charge is 0.481 e. The number of guanidine groups is 1. The molecule has 0 bridgehead atoms. The fraction of sp³-hybridized carbons (Fsp3) is 0.632. The highest BCUT2D eigenvalue weighted by molar-refractivity contribution is 8.77. The van der Waals surface area contributed by atoms with E-state index in [2.05, 4.69) is 26.6 Å². The molecule has 1 heterocycles. The van der Waals surface area contributed by atoms with Gasteiger partial charge in [0.2, 0.25) is 47.3 Å². The lowest BCUT2D eigenvalue weighted by Gasteiger charge is -2.25. The minimum atomic E-state index is -2.09. The number of carbonyl (C=O) groups excluding carboxylic acids is 9. The van der Waals surface area contributed by atoms with Crippen LogP contribution in [0.2, 0.25) is 0 Å². The molecular weight excluding hydrogens is 995 g/mol. The smallest absolute Gasteiger partial charge is 0.327 e. The average Bonchev–Trinajstić information content (AvgIpc) is 3.53. The average molecular weight is 1050 g/mol. The number of hydrogen-bond acceptors (Lipinski definition) is 19. The number of nitrogens with one attached hydrogen (secondary N) is 8. The Hall–Kier alpha value is -6.41. The molecule has 1 saturated heterocycles. The number of thioether (sulfide) groups is 1. The molecule has 1 aliphatic rings. The van der Waals surface area contributed by atoms with Crippen LogP contribution in [0, 0.1) is 5.41 Å². The molecule has 0 aromatic rings. The summed E-state index contributed by atoms with van der Waals surface area (Å²) in [4.78, 5) is 161. The lowest BCUT2D eigenvalue weighted by atomic mass is 10.1. The van der Waals surface area contributed by atoms with Crippen molar-refractivity contribution in [2.45, 2.75) is 105 Å². The van der Waals surface area contributed by atoms with E-state index in [1.165, 1.54) is 21.6 Å². The summed E-state index contributed by atoms with van der Waals surface area (Å²) in [5.74, 6) is -14.5. The lowest BCUT2D eigenvalue weighted by molar-refractivity contribution is -0.144. The summed E-state index contributed by atoms with van der Waals surface area (Å²) in [6.45, 7) is 4.12. The maximum absolute atomic E-state index is 13.4. The van der Waals surface area contributed by atoms with Gasteiger partial charge < -0.3 is 73.8 Å². The van der Waals surface area contributed by atoms with Gasteiger partial charge in [-0.25, -0.2) is 4.79 Å². The van der Waals surface area contributed by atoms with Crippen molar-refractivity contribution in [3.8, 4) is 0 Å². The molecule has 1 fully saturated rings. The third-order valence-electron chi connectivity index (χ3n) is 9.18. The van der Waals surface area contributed by atoms with Gasteiger partial charge in [-0.2, -0.15) is 0 Å². The highest BCUT2D eigenvalue weighted by Crippen LogP contribution is 2.36. The topological polar surface area (TPSA) is 475 Å². The minimum absolute atomic E-state index is 0.0130. The van der Waals surface area contributed by atoms with Gasteiger partial charge in [-0.1, -0.05) is 21.6 Å². The highest BCUT2D eigenvalue weighted by atomic mass is 33.1. The normalized spacial score (nSPS) is 15.4. The molecule has 0 aliphatic carbocycles. The fourth-order valence-corrected chi connectivity index (χ4v) is 9.31. The van der Waals surface area contributed by atoms with Crippen LogP contribution in [0.5, 0.6) is 0 Å². The van der Waals surface area contributed by atoms with Gasteiger partial charge in [-0.3, -0.25) is 67.8 Å². The van der Waals surface area contributed by atoms with E-state index in [0.717, 1.165) is 4.90 Å². The summed E-state index contributed by atoms with van der Waals surface area (Å²) in [7, 11) is 2.89. The number of imide groups is 1. The summed E-state index contributed by atoms with van der Waals surface area (Å²) in [5, 5.41) is 59.9. The Bertz CT molecular complexity index is 1950. The maximum Gasteiger partial charge on any atom is 0.327 e. The van der Waals surface area contributed by atoms with Crippen LogP contribution in [0.15, 0.2) is 0 Å². The quantitative estimate of drug-likeness (QED) is 0.00699. The summed E-state index contributed by atoms with van der Waals surface area (Å²) in [6.07, 6.45) is -3.97. The summed E-state index contributed by atoms with van der Waals surface area (Å²) in [6, 6.07) is -9.25. The van der Waals surface area contributed by atoms with E-state index in [-0.39, 0.29) is 69.1 Å². The van der Waals surface area contributed by atoms with Gasteiger partial charge >= 0.3 is 23.9 Å². The van der Waals surface area contributed by atoms with Crippen LogP contribution in [0.25, 0.3) is 0 Å².